The molecule has 2 nitrogen and oxygen atoms in total. The molecule has 0 aliphatic heterocycles. The van der Waals surface area contributed by atoms with Crippen LogP contribution < -0.4 is 11.3 Å². The normalized spacial score (nSPS) is 10.8. The lowest BCUT2D eigenvalue weighted by molar-refractivity contribution is 0.856. The monoisotopic (exact) mass is 206 g/mol. The summed E-state index contributed by atoms with van der Waals surface area (Å²) in [6.45, 7) is 8.76. The van der Waals surface area contributed by atoms with Crippen molar-refractivity contribution in [2.45, 2.75) is 46.5 Å². The van der Waals surface area contributed by atoms with Crippen LogP contribution >= 0.6 is 0 Å². The predicted octanol–water partition coefficient (Wildman–Crippen LogP) is 3.36. The molecule has 0 amide bonds. The van der Waals surface area contributed by atoms with E-state index in [4.69, 9.17) is 5.84 Å². The molecule has 15 heavy (non-hydrogen) atoms. The van der Waals surface area contributed by atoms with Crippen LogP contribution in [-0.2, 0) is 6.42 Å². The molecule has 0 aromatic heterocycles. The second kappa shape index (κ2) is 5.17. The zero-order chi connectivity index (χ0) is 11.4. The summed E-state index contributed by atoms with van der Waals surface area (Å²) in [5.41, 5.74) is 7.94. The lowest BCUT2D eigenvalue weighted by Gasteiger charge is -2.15. The first kappa shape index (κ1) is 12.1. The summed E-state index contributed by atoms with van der Waals surface area (Å²) in [6.07, 6.45) is 2.24. The van der Waals surface area contributed by atoms with Crippen molar-refractivity contribution >= 4 is 5.69 Å². The highest BCUT2D eigenvalue weighted by molar-refractivity contribution is 5.56. The highest BCUT2D eigenvalue weighted by Crippen LogP contribution is 2.26. The second-order valence-electron chi connectivity index (χ2n) is 4.41. The molecule has 0 radical (unpaired) electrons. The Labute approximate surface area is 92.8 Å². The summed E-state index contributed by atoms with van der Waals surface area (Å²) < 4.78 is 0. The van der Waals surface area contributed by atoms with Crippen molar-refractivity contribution in [2.75, 3.05) is 5.43 Å². The molecule has 0 unspecified atom stereocenters. The van der Waals surface area contributed by atoms with E-state index in [0.717, 1.165) is 18.5 Å². The van der Waals surface area contributed by atoms with Crippen LogP contribution in [0.1, 0.15) is 49.8 Å². The van der Waals surface area contributed by atoms with Crippen LogP contribution in [-0.4, -0.2) is 0 Å². The van der Waals surface area contributed by atoms with Gasteiger partial charge in [0.25, 0.3) is 0 Å². The van der Waals surface area contributed by atoms with Crippen molar-refractivity contribution in [3.05, 3.63) is 28.8 Å². The fourth-order valence-electron chi connectivity index (χ4n) is 1.89. The van der Waals surface area contributed by atoms with E-state index < -0.39 is 0 Å². The number of anilines is 1. The summed E-state index contributed by atoms with van der Waals surface area (Å²) in [6, 6.07) is 4.44. The minimum atomic E-state index is 0.548. The van der Waals surface area contributed by atoms with Gasteiger partial charge in [-0.2, -0.15) is 0 Å². The van der Waals surface area contributed by atoms with Crippen molar-refractivity contribution in [3.63, 3.8) is 0 Å². The lowest BCUT2D eigenvalue weighted by Crippen LogP contribution is -2.11. The van der Waals surface area contributed by atoms with Crippen LogP contribution in [0.25, 0.3) is 0 Å². The summed E-state index contributed by atoms with van der Waals surface area (Å²) in [5, 5.41) is 0. The number of hydrogen-bond donors (Lipinski definition) is 2. The van der Waals surface area contributed by atoms with Crippen LogP contribution in [0, 0.1) is 6.92 Å². The van der Waals surface area contributed by atoms with Crippen molar-refractivity contribution in [1.29, 1.82) is 0 Å². The first-order valence-electron chi connectivity index (χ1n) is 5.70. The van der Waals surface area contributed by atoms with Crippen molar-refractivity contribution < 1.29 is 0 Å². The Morgan fingerprint density at radius 1 is 1.33 bits per heavy atom. The van der Waals surface area contributed by atoms with Gasteiger partial charge in [-0.3, -0.25) is 5.84 Å². The zero-order valence-corrected chi connectivity index (χ0v) is 10.2. The Bertz CT molecular complexity index is 330. The Balaban J connectivity index is 3.18. The molecule has 0 saturated heterocycles. The largest absolute Gasteiger partial charge is 0.324 e. The third-order valence-electron chi connectivity index (χ3n) is 2.82. The number of aryl methyl sites for hydroxylation is 1. The molecule has 0 aliphatic carbocycles. The number of nitrogens with two attached hydrogens (primary N) is 1. The molecule has 0 saturated carbocycles. The third kappa shape index (κ3) is 2.72. The SMILES string of the molecule is CCCc1c(C)cc(C(C)C)cc1NN. The van der Waals surface area contributed by atoms with E-state index in [1.165, 1.54) is 16.7 Å². The van der Waals surface area contributed by atoms with E-state index in [0.29, 0.717) is 5.92 Å². The molecule has 0 aliphatic rings. The first-order chi connectivity index (χ1) is 7.10. The van der Waals surface area contributed by atoms with Gasteiger partial charge in [-0.05, 0) is 42.0 Å². The van der Waals surface area contributed by atoms with Crippen LogP contribution in [0.5, 0.6) is 0 Å². The van der Waals surface area contributed by atoms with Gasteiger partial charge in [0.15, 0.2) is 0 Å². The topological polar surface area (TPSA) is 38.0 Å². The second-order valence-corrected chi connectivity index (χ2v) is 4.41. The average molecular weight is 206 g/mol. The molecule has 3 N–H and O–H groups in total. The van der Waals surface area contributed by atoms with Crippen LogP contribution in [0.3, 0.4) is 0 Å². The van der Waals surface area contributed by atoms with Gasteiger partial charge in [0, 0.05) is 0 Å². The van der Waals surface area contributed by atoms with E-state index in [2.05, 4.69) is 45.3 Å². The summed E-state index contributed by atoms with van der Waals surface area (Å²) in [4.78, 5) is 0. The standard InChI is InChI=1S/C13H22N2/c1-5-6-12-10(4)7-11(9(2)3)8-13(12)15-14/h7-9,15H,5-6,14H2,1-4H3. The van der Waals surface area contributed by atoms with Crippen molar-refractivity contribution in [3.8, 4) is 0 Å². The maximum atomic E-state index is 5.57. The fraction of sp³-hybridized carbons (Fsp3) is 0.538. The van der Waals surface area contributed by atoms with Gasteiger partial charge in [-0.15, -0.1) is 0 Å². The quantitative estimate of drug-likeness (QED) is 0.585. The number of benzene rings is 1. The summed E-state index contributed by atoms with van der Waals surface area (Å²) >= 11 is 0. The van der Waals surface area contributed by atoms with Gasteiger partial charge in [0.05, 0.1) is 5.69 Å². The van der Waals surface area contributed by atoms with Gasteiger partial charge < -0.3 is 5.43 Å². The smallest absolute Gasteiger partial charge is 0.0522 e. The molecule has 1 rings (SSSR count). The number of hydrazine groups is 1. The maximum absolute atomic E-state index is 5.57. The number of hydrogen-bond acceptors (Lipinski definition) is 2. The molecule has 1 aromatic carbocycles. The number of rotatable bonds is 4. The van der Waals surface area contributed by atoms with Crippen LogP contribution in [0.15, 0.2) is 12.1 Å². The van der Waals surface area contributed by atoms with Crippen LogP contribution in [0.2, 0.25) is 0 Å². The summed E-state index contributed by atoms with van der Waals surface area (Å²) in [5.74, 6) is 6.12. The highest BCUT2D eigenvalue weighted by Gasteiger charge is 2.08. The minimum Gasteiger partial charge on any atom is -0.324 e. The van der Waals surface area contributed by atoms with Crippen LogP contribution in [0.4, 0.5) is 5.69 Å². The first-order valence-corrected chi connectivity index (χ1v) is 5.70. The maximum Gasteiger partial charge on any atom is 0.0522 e. The number of nitrogen functional groups attached to an aromatic ring is 1. The molecule has 84 valence electrons. The predicted molar refractivity (Wildman–Crippen MR) is 67.1 cm³/mol. The zero-order valence-electron chi connectivity index (χ0n) is 10.2. The van der Waals surface area contributed by atoms with Gasteiger partial charge in [0.2, 0.25) is 0 Å². The van der Waals surface area contributed by atoms with Gasteiger partial charge in [0.1, 0.15) is 0 Å². The molecular formula is C13H22N2. The van der Waals surface area contributed by atoms with Gasteiger partial charge in [-0.25, -0.2) is 0 Å². The Morgan fingerprint density at radius 3 is 2.47 bits per heavy atom. The molecule has 1 aromatic rings. The van der Waals surface area contributed by atoms with E-state index in [9.17, 15) is 0 Å². The Kier molecular flexibility index (Phi) is 4.15. The van der Waals surface area contributed by atoms with Gasteiger partial charge in [-0.1, -0.05) is 33.3 Å². The molecule has 0 atom stereocenters. The molecule has 0 fully saturated rings. The summed E-state index contributed by atoms with van der Waals surface area (Å²) in [7, 11) is 0. The molecule has 2 heteroatoms. The molecule has 0 spiro atoms. The van der Waals surface area contributed by atoms with E-state index in [1.807, 2.05) is 0 Å². The number of nitrogens with one attached hydrogen (secondary N) is 1. The molecular weight excluding hydrogens is 184 g/mol. The van der Waals surface area contributed by atoms with E-state index >= 15 is 0 Å². The van der Waals surface area contributed by atoms with E-state index in [1.54, 1.807) is 0 Å². The van der Waals surface area contributed by atoms with Crippen molar-refractivity contribution in [2.24, 2.45) is 5.84 Å². The highest BCUT2D eigenvalue weighted by atomic mass is 15.2. The fourth-order valence-corrected chi connectivity index (χ4v) is 1.89. The Hall–Kier alpha value is -1.02. The van der Waals surface area contributed by atoms with Crippen molar-refractivity contribution in [1.82, 2.24) is 0 Å². The minimum absolute atomic E-state index is 0.548. The van der Waals surface area contributed by atoms with E-state index in [-0.39, 0.29) is 0 Å². The molecule has 0 heterocycles. The van der Waals surface area contributed by atoms with Gasteiger partial charge >= 0.3 is 0 Å². The lowest BCUT2D eigenvalue weighted by atomic mass is 9.94. The average Bonchev–Trinajstić information content (AvgIpc) is 2.20. The molecule has 0 bridgehead atoms. The third-order valence-corrected chi connectivity index (χ3v) is 2.82. The Morgan fingerprint density at radius 2 is 2.00 bits per heavy atom.